The topological polar surface area (TPSA) is 73.9 Å². The first-order chi connectivity index (χ1) is 14.0. The number of thiophene rings is 1. The van der Waals surface area contributed by atoms with Gasteiger partial charge in [0.05, 0.1) is 26.9 Å². The molecule has 7 heteroatoms. The minimum Gasteiger partial charge on any atom is -0.497 e. The molecule has 3 aromatic rings. The lowest BCUT2D eigenvalue weighted by Crippen LogP contribution is -2.15. The number of carbonyl (C=O) groups is 2. The molecule has 0 aliphatic rings. The number of methoxy groups -OCH3 is 3. The van der Waals surface area contributed by atoms with E-state index < -0.39 is 11.9 Å². The van der Waals surface area contributed by atoms with Crippen molar-refractivity contribution in [1.29, 1.82) is 0 Å². The Morgan fingerprint density at radius 2 is 1.69 bits per heavy atom. The van der Waals surface area contributed by atoms with Crippen molar-refractivity contribution in [2.45, 2.75) is 6.92 Å². The quantitative estimate of drug-likeness (QED) is 0.591. The van der Waals surface area contributed by atoms with Crippen LogP contribution < -0.4 is 14.8 Å². The summed E-state index contributed by atoms with van der Waals surface area (Å²) in [6, 6.07) is 14.4. The summed E-state index contributed by atoms with van der Waals surface area (Å²) in [5, 5.41) is 3.27. The van der Waals surface area contributed by atoms with Crippen LogP contribution in [0.2, 0.25) is 0 Å². The van der Waals surface area contributed by atoms with Crippen molar-refractivity contribution in [3.63, 3.8) is 0 Å². The van der Waals surface area contributed by atoms with Crippen molar-refractivity contribution >= 4 is 28.2 Å². The van der Waals surface area contributed by atoms with Crippen molar-refractivity contribution in [2.75, 3.05) is 26.6 Å². The Labute approximate surface area is 173 Å². The van der Waals surface area contributed by atoms with E-state index >= 15 is 0 Å². The normalized spacial score (nSPS) is 10.3. The summed E-state index contributed by atoms with van der Waals surface area (Å²) in [4.78, 5) is 26.4. The molecule has 3 rings (SSSR count). The molecule has 1 N–H and O–H groups in total. The number of amides is 1. The summed E-state index contributed by atoms with van der Waals surface area (Å²) in [7, 11) is 4.34. The van der Waals surface area contributed by atoms with Crippen LogP contribution in [0.1, 0.15) is 25.6 Å². The molecular formula is C22H21NO5S. The van der Waals surface area contributed by atoms with Crippen molar-refractivity contribution in [3.8, 4) is 22.6 Å². The lowest BCUT2D eigenvalue weighted by atomic mass is 10.0. The van der Waals surface area contributed by atoms with Gasteiger partial charge in [-0.05, 0) is 24.6 Å². The van der Waals surface area contributed by atoms with Crippen LogP contribution in [0.25, 0.3) is 11.1 Å². The second-order valence-electron chi connectivity index (χ2n) is 6.12. The lowest BCUT2D eigenvalue weighted by molar-refractivity contribution is 0.0603. The number of hydrogen-bond acceptors (Lipinski definition) is 6. The van der Waals surface area contributed by atoms with Gasteiger partial charge in [-0.1, -0.05) is 30.3 Å². The van der Waals surface area contributed by atoms with Gasteiger partial charge in [0.25, 0.3) is 5.91 Å². The van der Waals surface area contributed by atoms with Gasteiger partial charge >= 0.3 is 5.97 Å². The zero-order chi connectivity index (χ0) is 21.0. The van der Waals surface area contributed by atoms with Gasteiger partial charge < -0.3 is 19.5 Å². The summed E-state index contributed by atoms with van der Waals surface area (Å²) in [5.41, 5.74) is 2.29. The molecule has 0 saturated heterocycles. The SMILES string of the molecule is COC(=O)c1c(NC(=O)c2ccc(OC)cc2OC)sc(C)c1-c1ccccc1. The molecule has 29 heavy (non-hydrogen) atoms. The van der Waals surface area contributed by atoms with E-state index in [9.17, 15) is 9.59 Å². The minimum absolute atomic E-state index is 0.330. The largest absolute Gasteiger partial charge is 0.497 e. The fourth-order valence-electron chi connectivity index (χ4n) is 3.04. The van der Waals surface area contributed by atoms with E-state index in [0.29, 0.717) is 27.6 Å². The average Bonchev–Trinajstić information content (AvgIpc) is 3.08. The van der Waals surface area contributed by atoms with Crippen LogP contribution in [-0.4, -0.2) is 33.2 Å². The summed E-state index contributed by atoms with van der Waals surface area (Å²) in [5.74, 6) is 0.0470. The highest BCUT2D eigenvalue weighted by atomic mass is 32.1. The zero-order valence-electron chi connectivity index (χ0n) is 16.6. The number of ether oxygens (including phenoxy) is 3. The van der Waals surface area contributed by atoms with E-state index in [1.807, 2.05) is 37.3 Å². The third-order valence-electron chi connectivity index (χ3n) is 4.42. The Balaban J connectivity index is 2.04. The molecule has 0 aliphatic heterocycles. The van der Waals surface area contributed by atoms with E-state index in [1.165, 1.54) is 32.7 Å². The second-order valence-corrected chi connectivity index (χ2v) is 7.34. The van der Waals surface area contributed by atoms with Gasteiger partial charge in [-0.2, -0.15) is 0 Å². The molecule has 0 atom stereocenters. The highest BCUT2D eigenvalue weighted by Crippen LogP contribution is 2.40. The van der Waals surface area contributed by atoms with Crippen LogP contribution >= 0.6 is 11.3 Å². The smallest absolute Gasteiger partial charge is 0.341 e. The molecule has 0 radical (unpaired) electrons. The van der Waals surface area contributed by atoms with Gasteiger partial charge in [0.15, 0.2) is 0 Å². The third-order valence-corrected chi connectivity index (χ3v) is 5.44. The molecule has 0 bridgehead atoms. The number of rotatable bonds is 6. The maximum absolute atomic E-state index is 12.9. The second kappa shape index (κ2) is 8.79. The van der Waals surface area contributed by atoms with Crippen LogP contribution in [0.5, 0.6) is 11.5 Å². The number of anilines is 1. The first kappa shape index (κ1) is 20.4. The number of nitrogens with one attached hydrogen (secondary N) is 1. The molecule has 0 aliphatic carbocycles. The van der Waals surface area contributed by atoms with Gasteiger partial charge in [0.2, 0.25) is 0 Å². The van der Waals surface area contributed by atoms with E-state index in [1.54, 1.807) is 18.2 Å². The molecule has 0 fully saturated rings. The van der Waals surface area contributed by atoms with E-state index in [-0.39, 0.29) is 0 Å². The molecule has 6 nitrogen and oxygen atoms in total. The summed E-state index contributed by atoms with van der Waals surface area (Å²) in [6.07, 6.45) is 0. The van der Waals surface area contributed by atoms with Crippen molar-refractivity contribution in [2.24, 2.45) is 0 Å². The number of esters is 1. The van der Waals surface area contributed by atoms with Crippen LogP contribution in [-0.2, 0) is 4.74 Å². The van der Waals surface area contributed by atoms with Gasteiger partial charge in [-0.15, -0.1) is 11.3 Å². The predicted octanol–water partition coefficient (Wildman–Crippen LogP) is 4.78. The summed E-state index contributed by atoms with van der Waals surface area (Å²) < 4.78 is 15.5. The Kier molecular flexibility index (Phi) is 6.19. The number of benzene rings is 2. The van der Waals surface area contributed by atoms with Crippen molar-refractivity contribution in [3.05, 3.63) is 64.5 Å². The van der Waals surface area contributed by atoms with Gasteiger partial charge in [-0.25, -0.2) is 4.79 Å². The average molecular weight is 411 g/mol. The number of hydrogen-bond donors (Lipinski definition) is 1. The van der Waals surface area contributed by atoms with Crippen LogP contribution in [0.4, 0.5) is 5.00 Å². The van der Waals surface area contributed by atoms with Crippen LogP contribution in [0.15, 0.2) is 48.5 Å². The maximum Gasteiger partial charge on any atom is 0.341 e. The predicted molar refractivity (Wildman–Crippen MR) is 113 cm³/mol. The van der Waals surface area contributed by atoms with Crippen LogP contribution in [0, 0.1) is 6.92 Å². The Hall–Kier alpha value is -3.32. The first-order valence-electron chi connectivity index (χ1n) is 8.80. The summed E-state index contributed by atoms with van der Waals surface area (Å²) >= 11 is 1.33. The highest BCUT2D eigenvalue weighted by Gasteiger charge is 2.26. The van der Waals surface area contributed by atoms with Crippen LogP contribution in [0.3, 0.4) is 0 Å². The van der Waals surface area contributed by atoms with Gasteiger partial charge in [0.1, 0.15) is 22.1 Å². The minimum atomic E-state index is -0.509. The standard InChI is InChI=1S/C22H21NO5S/c1-13-18(14-8-6-5-7-9-14)19(22(25)28-4)21(29-13)23-20(24)16-11-10-15(26-2)12-17(16)27-3/h5-12H,1-4H3,(H,23,24). The van der Waals surface area contributed by atoms with Gasteiger partial charge in [-0.3, -0.25) is 4.79 Å². The fourth-order valence-corrected chi connectivity index (χ4v) is 4.10. The molecule has 1 heterocycles. The summed E-state index contributed by atoms with van der Waals surface area (Å²) in [6.45, 7) is 1.91. The molecule has 2 aromatic carbocycles. The molecule has 0 unspecified atom stereocenters. The highest BCUT2D eigenvalue weighted by molar-refractivity contribution is 7.17. The van der Waals surface area contributed by atoms with Crippen molar-refractivity contribution in [1.82, 2.24) is 0 Å². The molecule has 0 saturated carbocycles. The third kappa shape index (κ3) is 4.09. The fraction of sp³-hybridized carbons (Fsp3) is 0.182. The lowest BCUT2D eigenvalue weighted by Gasteiger charge is -2.11. The molecular weight excluding hydrogens is 390 g/mol. The Morgan fingerprint density at radius 1 is 0.966 bits per heavy atom. The Bertz CT molecular complexity index is 1040. The van der Waals surface area contributed by atoms with Gasteiger partial charge in [0, 0.05) is 16.5 Å². The zero-order valence-corrected chi connectivity index (χ0v) is 17.4. The van der Waals surface area contributed by atoms with E-state index in [4.69, 9.17) is 14.2 Å². The van der Waals surface area contributed by atoms with Crippen molar-refractivity contribution < 1.29 is 23.8 Å². The first-order valence-corrected chi connectivity index (χ1v) is 9.62. The molecule has 0 spiro atoms. The number of aryl methyl sites for hydroxylation is 1. The van der Waals surface area contributed by atoms with E-state index in [2.05, 4.69) is 5.32 Å². The van der Waals surface area contributed by atoms with E-state index in [0.717, 1.165) is 16.0 Å². The molecule has 1 amide bonds. The Morgan fingerprint density at radius 3 is 2.31 bits per heavy atom. The monoisotopic (exact) mass is 411 g/mol. The molecule has 1 aromatic heterocycles. The molecule has 150 valence electrons. The number of carbonyl (C=O) groups excluding carboxylic acids is 2. The maximum atomic E-state index is 12.9.